The SMILES string of the molecule is NS(=O)(=O)N1CC[C@@H](Sc2nonc2C(=Nc2ccc(F)c(Br)c2)NO)C1. The number of benzene rings is 1. The number of hydrogen-bond donors (Lipinski definition) is 3. The zero-order chi connectivity index (χ0) is 19.6. The van der Waals surface area contributed by atoms with Crippen molar-refractivity contribution in [2.45, 2.75) is 16.7 Å². The van der Waals surface area contributed by atoms with Gasteiger partial charge in [0.1, 0.15) is 5.82 Å². The lowest BCUT2D eigenvalue weighted by atomic mass is 10.3. The van der Waals surface area contributed by atoms with Gasteiger partial charge < -0.3 is 0 Å². The molecule has 1 atom stereocenters. The smallest absolute Gasteiger partial charge is 0.276 e. The highest BCUT2D eigenvalue weighted by molar-refractivity contribution is 9.10. The van der Waals surface area contributed by atoms with Gasteiger partial charge in [-0.25, -0.2) is 19.2 Å². The summed E-state index contributed by atoms with van der Waals surface area (Å²) in [6, 6.07) is 4.06. The molecule has 27 heavy (non-hydrogen) atoms. The van der Waals surface area contributed by atoms with Crippen LogP contribution in [-0.4, -0.2) is 52.4 Å². The molecular weight excluding hydrogens is 467 g/mol. The van der Waals surface area contributed by atoms with Crippen molar-refractivity contribution in [1.29, 1.82) is 0 Å². The largest absolute Gasteiger partial charge is 0.290 e. The highest BCUT2D eigenvalue weighted by atomic mass is 79.9. The Morgan fingerprint density at radius 3 is 2.93 bits per heavy atom. The van der Waals surface area contributed by atoms with E-state index in [0.717, 1.165) is 0 Å². The Kier molecular flexibility index (Phi) is 6.12. The molecule has 1 aromatic carbocycles. The fourth-order valence-corrected chi connectivity index (χ4v) is 4.72. The molecule has 0 unspecified atom stereocenters. The van der Waals surface area contributed by atoms with Gasteiger partial charge in [0.15, 0.2) is 16.6 Å². The monoisotopic (exact) mass is 480 g/mol. The predicted molar refractivity (Wildman–Crippen MR) is 98.5 cm³/mol. The van der Waals surface area contributed by atoms with Gasteiger partial charge in [-0.05, 0) is 50.9 Å². The molecule has 0 aliphatic carbocycles. The molecule has 0 spiro atoms. The Hall–Kier alpha value is -1.58. The highest BCUT2D eigenvalue weighted by Crippen LogP contribution is 2.31. The van der Waals surface area contributed by atoms with Gasteiger partial charge in [0, 0.05) is 18.3 Å². The molecule has 4 N–H and O–H groups in total. The molecule has 1 aromatic heterocycles. The lowest BCUT2D eigenvalue weighted by Gasteiger charge is -2.12. The molecule has 1 fully saturated rings. The Balaban J connectivity index is 1.80. The zero-order valence-corrected chi connectivity index (χ0v) is 16.8. The average molecular weight is 481 g/mol. The number of nitrogens with two attached hydrogens (primary N) is 1. The molecule has 0 amide bonds. The number of hydrogen-bond acceptors (Lipinski definition) is 8. The van der Waals surface area contributed by atoms with Crippen LogP contribution in [0.2, 0.25) is 0 Å². The molecule has 2 aromatic rings. The lowest BCUT2D eigenvalue weighted by molar-refractivity contribution is 0.234. The van der Waals surface area contributed by atoms with Gasteiger partial charge in [-0.2, -0.15) is 12.7 Å². The predicted octanol–water partition coefficient (Wildman–Crippen LogP) is 1.40. The van der Waals surface area contributed by atoms with Crippen LogP contribution in [0.5, 0.6) is 0 Å². The second kappa shape index (κ2) is 8.20. The van der Waals surface area contributed by atoms with Crippen molar-refractivity contribution in [3.63, 3.8) is 0 Å². The van der Waals surface area contributed by atoms with E-state index in [-0.39, 0.29) is 27.8 Å². The van der Waals surface area contributed by atoms with Crippen LogP contribution >= 0.6 is 27.7 Å². The number of aromatic nitrogens is 2. The van der Waals surface area contributed by atoms with Gasteiger partial charge in [0.25, 0.3) is 10.2 Å². The first kappa shape index (κ1) is 20.2. The summed E-state index contributed by atoms with van der Waals surface area (Å²) in [6.45, 7) is 0.527. The van der Waals surface area contributed by atoms with Gasteiger partial charge in [-0.1, -0.05) is 11.8 Å². The van der Waals surface area contributed by atoms with E-state index >= 15 is 0 Å². The van der Waals surface area contributed by atoms with Gasteiger partial charge in [0.2, 0.25) is 0 Å². The molecule has 14 heteroatoms. The number of hydroxylamine groups is 1. The van der Waals surface area contributed by atoms with E-state index in [2.05, 4.69) is 31.2 Å². The van der Waals surface area contributed by atoms with Crippen LogP contribution in [0.4, 0.5) is 10.1 Å². The summed E-state index contributed by atoms with van der Waals surface area (Å²) in [4.78, 5) is 4.17. The fraction of sp³-hybridized carbons (Fsp3) is 0.308. The Labute approximate surface area is 166 Å². The van der Waals surface area contributed by atoms with Crippen LogP contribution in [0.15, 0.2) is 37.3 Å². The third-order valence-electron chi connectivity index (χ3n) is 3.68. The van der Waals surface area contributed by atoms with E-state index in [1.165, 1.54) is 34.3 Å². The van der Waals surface area contributed by atoms with Crippen molar-refractivity contribution in [1.82, 2.24) is 20.1 Å². The van der Waals surface area contributed by atoms with Crippen LogP contribution < -0.4 is 10.6 Å². The summed E-state index contributed by atoms with van der Waals surface area (Å²) in [5.74, 6) is -0.508. The third kappa shape index (κ3) is 4.83. The number of nitrogens with one attached hydrogen (secondary N) is 1. The minimum atomic E-state index is -3.74. The van der Waals surface area contributed by atoms with Crippen molar-refractivity contribution in [3.05, 3.63) is 34.2 Å². The van der Waals surface area contributed by atoms with Gasteiger partial charge >= 0.3 is 0 Å². The second-order valence-corrected chi connectivity index (χ2v) is 9.21. The summed E-state index contributed by atoms with van der Waals surface area (Å²) < 4.78 is 42.3. The summed E-state index contributed by atoms with van der Waals surface area (Å²) in [7, 11) is -3.74. The molecule has 0 saturated carbocycles. The van der Waals surface area contributed by atoms with Crippen LogP contribution in [0.25, 0.3) is 0 Å². The molecule has 1 saturated heterocycles. The van der Waals surface area contributed by atoms with E-state index in [4.69, 9.17) is 9.77 Å². The maximum Gasteiger partial charge on any atom is 0.276 e. The molecule has 1 aliphatic rings. The number of halogens is 2. The maximum atomic E-state index is 13.3. The van der Waals surface area contributed by atoms with Crippen molar-refractivity contribution in [2.75, 3.05) is 13.1 Å². The molecule has 1 aliphatic heterocycles. The zero-order valence-electron chi connectivity index (χ0n) is 13.5. The molecule has 10 nitrogen and oxygen atoms in total. The van der Waals surface area contributed by atoms with Crippen LogP contribution in [0.3, 0.4) is 0 Å². The highest BCUT2D eigenvalue weighted by Gasteiger charge is 2.31. The normalized spacial score (nSPS) is 18.8. The van der Waals surface area contributed by atoms with E-state index in [1.54, 1.807) is 0 Å². The van der Waals surface area contributed by atoms with E-state index in [9.17, 15) is 18.0 Å². The second-order valence-electron chi connectivity index (χ2n) is 5.52. The van der Waals surface area contributed by atoms with Gasteiger partial charge in [-0.3, -0.25) is 10.7 Å². The van der Waals surface area contributed by atoms with Gasteiger partial charge in [-0.15, -0.1) is 0 Å². The van der Waals surface area contributed by atoms with E-state index < -0.39 is 16.0 Å². The summed E-state index contributed by atoms with van der Waals surface area (Å²) >= 11 is 4.29. The third-order valence-corrected chi connectivity index (χ3v) is 6.55. The fourth-order valence-electron chi connectivity index (χ4n) is 2.40. The van der Waals surface area contributed by atoms with Crippen LogP contribution in [-0.2, 0) is 10.2 Å². The molecule has 0 bridgehead atoms. The molecule has 146 valence electrons. The maximum absolute atomic E-state index is 13.3. The Bertz CT molecular complexity index is 969. The molecular formula is C13H14BrFN6O4S2. The van der Waals surface area contributed by atoms with Crippen molar-refractivity contribution >= 4 is 49.4 Å². The number of thioether (sulfide) groups is 1. The van der Waals surface area contributed by atoms with E-state index in [1.807, 2.05) is 5.48 Å². The molecule has 3 rings (SSSR count). The van der Waals surface area contributed by atoms with Crippen molar-refractivity contribution in [2.24, 2.45) is 10.1 Å². The standard InChI is InChI=1S/C13H14BrFN6O4S2/c14-9-5-7(1-2-10(9)15)17-12(18-22)11-13(20-25-19-11)26-8-3-4-21(6-8)27(16,23)24/h1-2,5,8,22H,3-4,6H2,(H,17,18)(H2,16,23,24)/t8-/m1/s1. The first-order chi connectivity index (χ1) is 12.8. The minimum Gasteiger partial charge on any atom is -0.290 e. The van der Waals surface area contributed by atoms with Gasteiger partial charge in [0.05, 0.1) is 10.2 Å². The summed E-state index contributed by atoms with van der Waals surface area (Å²) in [5.41, 5.74) is 2.41. The molecule has 2 heterocycles. The minimum absolute atomic E-state index is 0.0569. The van der Waals surface area contributed by atoms with Crippen LogP contribution in [0.1, 0.15) is 12.1 Å². The summed E-state index contributed by atoms with van der Waals surface area (Å²) in [5, 5.41) is 22.3. The van der Waals surface area contributed by atoms with Crippen molar-refractivity contribution < 1.29 is 22.6 Å². The first-order valence-electron chi connectivity index (χ1n) is 7.49. The van der Waals surface area contributed by atoms with E-state index in [0.29, 0.717) is 23.7 Å². The Morgan fingerprint density at radius 2 is 2.30 bits per heavy atom. The number of nitrogens with zero attached hydrogens (tertiary/aromatic N) is 4. The lowest BCUT2D eigenvalue weighted by Crippen LogP contribution is -2.35. The average Bonchev–Trinajstić information content (AvgIpc) is 3.25. The number of aliphatic imine (C=N–C) groups is 1. The van der Waals surface area contributed by atoms with Crippen LogP contribution in [0, 0.1) is 5.82 Å². The number of amidine groups is 1. The summed E-state index contributed by atoms with van der Waals surface area (Å²) in [6.07, 6.45) is 0.567. The van der Waals surface area contributed by atoms with Crippen molar-refractivity contribution in [3.8, 4) is 0 Å². The first-order valence-corrected chi connectivity index (χ1v) is 10.7. The Morgan fingerprint density at radius 1 is 1.52 bits per heavy atom. The number of rotatable bonds is 5. The topological polar surface area (TPSA) is 147 Å². The quantitative estimate of drug-likeness (QED) is 0.330. The molecule has 0 radical (unpaired) electrons.